The van der Waals surface area contributed by atoms with Crippen LogP contribution in [0.2, 0.25) is 0 Å². The summed E-state index contributed by atoms with van der Waals surface area (Å²) in [5, 5.41) is 11.8. The van der Waals surface area contributed by atoms with E-state index in [4.69, 9.17) is 0 Å². The van der Waals surface area contributed by atoms with Gasteiger partial charge in [0.15, 0.2) is 0 Å². The minimum atomic E-state index is -0.952. The molecule has 2 rings (SSSR count). The van der Waals surface area contributed by atoms with Crippen LogP contribution in [-0.2, 0) is 4.79 Å². The number of urea groups is 1. The van der Waals surface area contributed by atoms with Crippen molar-refractivity contribution in [2.45, 2.75) is 45.2 Å². The van der Waals surface area contributed by atoms with E-state index in [1.807, 2.05) is 13.8 Å². The number of piperazine rings is 1. The third-order valence-electron chi connectivity index (χ3n) is 4.18. The molecule has 0 spiro atoms. The molecule has 2 N–H and O–H groups in total. The molecule has 0 radical (unpaired) electrons. The third kappa shape index (κ3) is 3.62. The minimum Gasteiger partial charge on any atom is -0.480 e. The van der Waals surface area contributed by atoms with Crippen molar-refractivity contribution in [1.82, 2.24) is 15.1 Å². The monoisotopic (exact) mass is 283 g/mol. The highest BCUT2D eigenvalue weighted by Crippen LogP contribution is 2.21. The van der Waals surface area contributed by atoms with E-state index < -0.39 is 12.0 Å². The molecule has 0 aliphatic carbocycles. The van der Waals surface area contributed by atoms with Gasteiger partial charge in [0.05, 0.1) is 0 Å². The summed E-state index contributed by atoms with van der Waals surface area (Å²) in [5.74, 6) is -0.713. The molecule has 2 fully saturated rings. The standard InChI is InChI=1S/C14H25N3O3/c1-10(2)8-12(13(18)19)15-14(20)17-7-6-16-5-3-4-11(16)9-17/h10-12H,3-9H2,1-2H3,(H,15,20)(H,18,19)/t11?,12-/m0/s1. The molecule has 2 aliphatic rings. The van der Waals surface area contributed by atoms with Gasteiger partial charge in [-0.15, -0.1) is 0 Å². The molecule has 0 aromatic carbocycles. The molecule has 0 aromatic rings. The summed E-state index contributed by atoms with van der Waals surface area (Å²) in [6.45, 7) is 7.36. The molecule has 6 nitrogen and oxygen atoms in total. The lowest BCUT2D eigenvalue weighted by molar-refractivity contribution is -0.139. The van der Waals surface area contributed by atoms with Crippen LogP contribution in [0.3, 0.4) is 0 Å². The molecule has 20 heavy (non-hydrogen) atoms. The van der Waals surface area contributed by atoms with Crippen molar-refractivity contribution in [2.24, 2.45) is 5.92 Å². The lowest BCUT2D eigenvalue weighted by Crippen LogP contribution is -2.56. The minimum absolute atomic E-state index is 0.232. The number of aliphatic carboxylic acids is 1. The summed E-state index contributed by atoms with van der Waals surface area (Å²) in [7, 11) is 0. The summed E-state index contributed by atoms with van der Waals surface area (Å²) in [4.78, 5) is 27.6. The van der Waals surface area contributed by atoms with Gasteiger partial charge in [0.2, 0.25) is 0 Å². The summed E-state index contributed by atoms with van der Waals surface area (Å²) in [6.07, 6.45) is 2.80. The predicted octanol–water partition coefficient (Wildman–Crippen LogP) is 0.975. The van der Waals surface area contributed by atoms with Crippen LogP contribution in [-0.4, -0.2) is 65.2 Å². The second-order valence-corrected chi connectivity index (χ2v) is 6.25. The first-order chi connectivity index (χ1) is 9.47. The third-order valence-corrected chi connectivity index (χ3v) is 4.18. The highest BCUT2D eigenvalue weighted by atomic mass is 16.4. The number of hydrogen-bond donors (Lipinski definition) is 2. The largest absolute Gasteiger partial charge is 0.480 e. The number of nitrogens with one attached hydrogen (secondary N) is 1. The van der Waals surface area contributed by atoms with Gasteiger partial charge in [-0.25, -0.2) is 9.59 Å². The van der Waals surface area contributed by atoms with Gasteiger partial charge in [0.25, 0.3) is 0 Å². The SMILES string of the molecule is CC(C)C[C@H](NC(=O)N1CCN2CCCC2C1)C(=O)O. The number of hydrogen-bond acceptors (Lipinski definition) is 3. The van der Waals surface area contributed by atoms with Crippen LogP contribution < -0.4 is 5.32 Å². The smallest absolute Gasteiger partial charge is 0.326 e. The summed E-state index contributed by atoms with van der Waals surface area (Å²) < 4.78 is 0. The topological polar surface area (TPSA) is 72.9 Å². The second kappa shape index (κ2) is 6.43. The Morgan fingerprint density at radius 2 is 2.05 bits per heavy atom. The number of carboxylic acid groups (broad SMARTS) is 1. The first kappa shape index (κ1) is 15.1. The van der Waals surface area contributed by atoms with E-state index in [1.165, 1.54) is 6.42 Å². The Morgan fingerprint density at radius 1 is 1.30 bits per heavy atom. The van der Waals surface area contributed by atoms with E-state index in [0.717, 1.165) is 26.1 Å². The number of carbonyl (C=O) groups is 2. The van der Waals surface area contributed by atoms with Gasteiger partial charge in [-0.1, -0.05) is 13.8 Å². The lowest BCUT2D eigenvalue weighted by Gasteiger charge is -2.37. The number of rotatable bonds is 4. The van der Waals surface area contributed by atoms with Crippen LogP contribution >= 0.6 is 0 Å². The molecular formula is C14H25N3O3. The maximum absolute atomic E-state index is 12.2. The Labute approximate surface area is 120 Å². The van der Waals surface area contributed by atoms with Gasteiger partial charge in [-0.2, -0.15) is 0 Å². The first-order valence-corrected chi connectivity index (χ1v) is 7.49. The predicted molar refractivity (Wildman–Crippen MR) is 75.6 cm³/mol. The zero-order valence-corrected chi connectivity index (χ0v) is 12.3. The van der Waals surface area contributed by atoms with Crippen LogP contribution in [0.25, 0.3) is 0 Å². The van der Waals surface area contributed by atoms with E-state index in [2.05, 4.69) is 10.2 Å². The second-order valence-electron chi connectivity index (χ2n) is 6.25. The lowest BCUT2D eigenvalue weighted by atomic mass is 10.0. The summed E-state index contributed by atoms with van der Waals surface area (Å²) in [6, 6.07) is -0.559. The van der Waals surface area contributed by atoms with Gasteiger partial charge in [-0.3, -0.25) is 4.90 Å². The fourth-order valence-corrected chi connectivity index (χ4v) is 3.11. The summed E-state index contributed by atoms with van der Waals surface area (Å²) >= 11 is 0. The molecule has 0 saturated carbocycles. The van der Waals surface area contributed by atoms with Crippen molar-refractivity contribution in [3.8, 4) is 0 Å². The van der Waals surface area contributed by atoms with Gasteiger partial charge in [0, 0.05) is 25.7 Å². The maximum atomic E-state index is 12.2. The van der Waals surface area contributed by atoms with Crippen molar-refractivity contribution >= 4 is 12.0 Å². The van der Waals surface area contributed by atoms with E-state index in [0.29, 0.717) is 19.0 Å². The Morgan fingerprint density at radius 3 is 2.70 bits per heavy atom. The van der Waals surface area contributed by atoms with Crippen LogP contribution in [0.15, 0.2) is 0 Å². The molecule has 2 heterocycles. The normalized spacial score (nSPS) is 24.6. The van der Waals surface area contributed by atoms with Gasteiger partial charge >= 0.3 is 12.0 Å². The van der Waals surface area contributed by atoms with Crippen molar-refractivity contribution in [3.05, 3.63) is 0 Å². The molecule has 0 aromatic heterocycles. The average molecular weight is 283 g/mol. The molecule has 2 atom stereocenters. The van der Waals surface area contributed by atoms with Crippen molar-refractivity contribution in [2.75, 3.05) is 26.2 Å². The molecule has 114 valence electrons. The molecule has 2 saturated heterocycles. The van der Waals surface area contributed by atoms with Crippen LogP contribution in [0.4, 0.5) is 4.79 Å². The fraction of sp³-hybridized carbons (Fsp3) is 0.857. The van der Waals surface area contributed by atoms with E-state index >= 15 is 0 Å². The molecule has 2 amide bonds. The Hall–Kier alpha value is -1.30. The number of carboxylic acids is 1. The first-order valence-electron chi connectivity index (χ1n) is 7.49. The highest BCUT2D eigenvalue weighted by molar-refractivity contribution is 5.82. The zero-order chi connectivity index (χ0) is 14.7. The molecule has 1 unspecified atom stereocenters. The molecular weight excluding hydrogens is 258 g/mol. The average Bonchev–Trinajstić information content (AvgIpc) is 2.84. The maximum Gasteiger partial charge on any atom is 0.326 e. The van der Waals surface area contributed by atoms with E-state index in [9.17, 15) is 14.7 Å². The number of nitrogens with zero attached hydrogens (tertiary/aromatic N) is 2. The van der Waals surface area contributed by atoms with Crippen molar-refractivity contribution < 1.29 is 14.7 Å². The molecule has 0 bridgehead atoms. The zero-order valence-electron chi connectivity index (χ0n) is 12.3. The highest BCUT2D eigenvalue weighted by Gasteiger charge is 2.33. The fourth-order valence-electron chi connectivity index (χ4n) is 3.11. The van der Waals surface area contributed by atoms with Crippen LogP contribution in [0.1, 0.15) is 33.1 Å². The number of fused-ring (bicyclic) bond motifs is 1. The number of amides is 2. The van der Waals surface area contributed by atoms with Crippen molar-refractivity contribution in [3.63, 3.8) is 0 Å². The van der Waals surface area contributed by atoms with Gasteiger partial charge < -0.3 is 15.3 Å². The van der Waals surface area contributed by atoms with E-state index in [1.54, 1.807) is 4.90 Å². The molecule has 2 aliphatic heterocycles. The van der Waals surface area contributed by atoms with Crippen molar-refractivity contribution in [1.29, 1.82) is 0 Å². The van der Waals surface area contributed by atoms with Crippen LogP contribution in [0, 0.1) is 5.92 Å². The van der Waals surface area contributed by atoms with E-state index in [-0.39, 0.29) is 11.9 Å². The Balaban J connectivity index is 1.88. The van der Waals surface area contributed by atoms with Gasteiger partial charge in [0.1, 0.15) is 6.04 Å². The summed E-state index contributed by atoms with van der Waals surface area (Å²) in [5.41, 5.74) is 0. The Kier molecular flexibility index (Phi) is 4.86. The van der Waals surface area contributed by atoms with Crippen LogP contribution in [0.5, 0.6) is 0 Å². The number of carbonyl (C=O) groups excluding carboxylic acids is 1. The molecule has 6 heteroatoms. The Bertz CT molecular complexity index is 373. The van der Waals surface area contributed by atoms with Gasteiger partial charge in [-0.05, 0) is 31.7 Å². The quantitative estimate of drug-likeness (QED) is 0.806.